The minimum atomic E-state index is 0.587. The third kappa shape index (κ3) is 3.55. The number of aromatic nitrogens is 3. The Morgan fingerprint density at radius 3 is 2.71 bits per heavy atom. The zero-order valence-electron chi connectivity index (χ0n) is 15.8. The van der Waals surface area contributed by atoms with Crippen LogP contribution in [0.3, 0.4) is 0 Å². The fourth-order valence-electron chi connectivity index (χ4n) is 3.83. The van der Waals surface area contributed by atoms with Crippen molar-refractivity contribution in [1.82, 2.24) is 19.7 Å². The number of fused-ring (bicyclic) bond motifs is 1. The van der Waals surface area contributed by atoms with E-state index in [2.05, 4.69) is 30.7 Å². The van der Waals surface area contributed by atoms with Gasteiger partial charge in [-0.05, 0) is 67.4 Å². The van der Waals surface area contributed by atoms with Crippen LogP contribution >= 0.6 is 0 Å². The molecule has 1 aromatic carbocycles. The van der Waals surface area contributed by atoms with Crippen LogP contribution in [0, 0.1) is 0 Å². The molecule has 0 bridgehead atoms. The average Bonchev–Trinajstić information content (AvgIpc) is 3.48. The normalized spacial score (nSPS) is 16.8. The first-order valence-corrected chi connectivity index (χ1v) is 9.86. The summed E-state index contributed by atoms with van der Waals surface area (Å²) in [6, 6.07) is 10.0. The highest BCUT2D eigenvalue weighted by molar-refractivity contribution is 5.89. The molecule has 2 aliphatic rings. The van der Waals surface area contributed by atoms with Gasteiger partial charge in [0.15, 0.2) is 0 Å². The summed E-state index contributed by atoms with van der Waals surface area (Å²) in [7, 11) is 0. The van der Waals surface area contributed by atoms with Crippen molar-refractivity contribution in [2.45, 2.75) is 19.4 Å². The van der Waals surface area contributed by atoms with Crippen LogP contribution in [0.2, 0.25) is 0 Å². The molecule has 6 heteroatoms. The van der Waals surface area contributed by atoms with Gasteiger partial charge in [0.25, 0.3) is 0 Å². The lowest BCUT2D eigenvalue weighted by atomic mass is 10.1. The van der Waals surface area contributed by atoms with E-state index in [9.17, 15) is 0 Å². The first kappa shape index (κ1) is 17.1. The van der Waals surface area contributed by atoms with Crippen LogP contribution in [-0.2, 0) is 6.54 Å². The second-order valence-corrected chi connectivity index (χ2v) is 7.31. The van der Waals surface area contributed by atoms with Gasteiger partial charge in [-0.2, -0.15) is 5.10 Å². The fraction of sp³-hybridized carbons (Fsp3) is 0.318. The van der Waals surface area contributed by atoms with Crippen LogP contribution < -0.4 is 4.74 Å². The van der Waals surface area contributed by atoms with Gasteiger partial charge < -0.3 is 9.64 Å². The molecule has 3 aromatic rings. The number of nitrogens with zero attached hydrogens (tertiary/aromatic N) is 5. The summed E-state index contributed by atoms with van der Waals surface area (Å²) in [4.78, 5) is 11.2. The molecule has 0 atom stereocenters. The second kappa shape index (κ2) is 7.56. The van der Waals surface area contributed by atoms with E-state index in [4.69, 9.17) is 4.74 Å². The van der Waals surface area contributed by atoms with Crippen LogP contribution in [0.4, 0.5) is 0 Å². The quantitative estimate of drug-likeness (QED) is 0.660. The van der Waals surface area contributed by atoms with Crippen LogP contribution in [0.25, 0.3) is 16.5 Å². The van der Waals surface area contributed by atoms with Gasteiger partial charge in [-0.3, -0.25) is 9.67 Å². The van der Waals surface area contributed by atoms with Gasteiger partial charge in [-0.1, -0.05) is 0 Å². The van der Waals surface area contributed by atoms with Crippen molar-refractivity contribution in [2.24, 2.45) is 4.99 Å². The second-order valence-electron chi connectivity index (χ2n) is 7.31. The minimum absolute atomic E-state index is 0.587. The number of benzene rings is 1. The highest BCUT2D eigenvalue weighted by atomic mass is 16.5. The summed E-state index contributed by atoms with van der Waals surface area (Å²) >= 11 is 0. The number of hydrogen-bond acceptors (Lipinski definition) is 5. The number of rotatable bonds is 6. The maximum Gasteiger partial charge on any atom is 0.219 e. The number of allylic oxidation sites excluding steroid dienone is 1. The zero-order chi connectivity index (χ0) is 18.8. The third-order valence-electron chi connectivity index (χ3n) is 5.41. The SMILES string of the molecule is C1=NCC(c2ccc(Oc3ccc4c(cnn4CCN4CCCC4)c3)nc2)=C1. The van der Waals surface area contributed by atoms with Gasteiger partial charge in [0, 0.05) is 30.4 Å². The van der Waals surface area contributed by atoms with Crippen LogP contribution in [0.15, 0.2) is 53.8 Å². The highest BCUT2D eigenvalue weighted by Crippen LogP contribution is 2.26. The van der Waals surface area contributed by atoms with E-state index in [-0.39, 0.29) is 0 Å². The Morgan fingerprint density at radius 2 is 1.93 bits per heavy atom. The summed E-state index contributed by atoms with van der Waals surface area (Å²) < 4.78 is 8.03. The smallest absolute Gasteiger partial charge is 0.219 e. The minimum Gasteiger partial charge on any atom is -0.439 e. The van der Waals surface area contributed by atoms with Crippen molar-refractivity contribution < 1.29 is 4.74 Å². The van der Waals surface area contributed by atoms with Crippen molar-refractivity contribution in [3.8, 4) is 11.6 Å². The zero-order valence-corrected chi connectivity index (χ0v) is 15.8. The molecule has 5 rings (SSSR count). The van der Waals surface area contributed by atoms with Gasteiger partial charge in [0.1, 0.15) is 5.75 Å². The molecule has 142 valence electrons. The molecule has 0 aliphatic carbocycles. The van der Waals surface area contributed by atoms with Crippen molar-refractivity contribution in [2.75, 3.05) is 26.2 Å². The van der Waals surface area contributed by atoms with Crippen LogP contribution in [-0.4, -0.2) is 52.1 Å². The molecule has 1 saturated heterocycles. The van der Waals surface area contributed by atoms with E-state index < -0.39 is 0 Å². The molecule has 6 nitrogen and oxygen atoms in total. The van der Waals surface area contributed by atoms with Crippen molar-refractivity contribution in [1.29, 1.82) is 0 Å². The Hall–Kier alpha value is -2.99. The summed E-state index contributed by atoms with van der Waals surface area (Å²) in [6.45, 7) is 5.14. The topological polar surface area (TPSA) is 55.5 Å². The number of ether oxygens (including phenoxy) is 1. The Balaban J connectivity index is 1.27. The number of pyridine rings is 1. The molecule has 4 heterocycles. The van der Waals surface area contributed by atoms with Gasteiger partial charge in [-0.15, -0.1) is 0 Å². The van der Waals surface area contributed by atoms with Gasteiger partial charge in [-0.25, -0.2) is 4.98 Å². The van der Waals surface area contributed by atoms with Crippen molar-refractivity contribution in [3.63, 3.8) is 0 Å². The predicted molar refractivity (Wildman–Crippen MR) is 111 cm³/mol. The average molecular weight is 373 g/mol. The van der Waals surface area contributed by atoms with E-state index in [0.717, 1.165) is 41.9 Å². The molecule has 0 unspecified atom stereocenters. The van der Waals surface area contributed by atoms with E-state index in [1.807, 2.05) is 48.9 Å². The van der Waals surface area contributed by atoms with Gasteiger partial charge in [0.2, 0.25) is 5.88 Å². The molecule has 2 aliphatic heterocycles. The van der Waals surface area contributed by atoms with E-state index in [0.29, 0.717) is 5.88 Å². The van der Waals surface area contributed by atoms with E-state index in [1.165, 1.54) is 31.5 Å². The number of hydrogen-bond donors (Lipinski definition) is 0. The first-order valence-electron chi connectivity index (χ1n) is 9.86. The fourth-order valence-corrected chi connectivity index (χ4v) is 3.83. The molecule has 0 N–H and O–H groups in total. The lowest BCUT2D eigenvalue weighted by Crippen LogP contribution is -2.24. The van der Waals surface area contributed by atoms with Gasteiger partial charge >= 0.3 is 0 Å². The first-order chi connectivity index (χ1) is 13.8. The molecule has 28 heavy (non-hydrogen) atoms. The summed E-state index contributed by atoms with van der Waals surface area (Å²) in [5, 5.41) is 5.65. The lowest BCUT2D eigenvalue weighted by molar-refractivity contribution is 0.318. The van der Waals surface area contributed by atoms with Crippen LogP contribution in [0.5, 0.6) is 11.6 Å². The summed E-state index contributed by atoms with van der Waals surface area (Å²) in [5.41, 5.74) is 3.41. The third-order valence-corrected chi connectivity index (χ3v) is 5.41. The number of aliphatic imine (C=N–C) groups is 1. The van der Waals surface area contributed by atoms with E-state index in [1.54, 1.807) is 0 Å². The van der Waals surface area contributed by atoms with Gasteiger partial charge in [0.05, 0.1) is 24.8 Å². The molecule has 0 saturated carbocycles. The maximum atomic E-state index is 5.95. The largest absolute Gasteiger partial charge is 0.439 e. The summed E-state index contributed by atoms with van der Waals surface area (Å²) in [6.07, 6.45) is 10.2. The molecule has 0 spiro atoms. The standard InChI is InChI=1S/C22H23N5O/c1-2-10-26(9-1)11-12-27-21-5-4-20(13-19(21)16-25-27)28-22-6-3-17(15-24-22)18-7-8-23-14-18/h3-8,13,15-16H,1-2,9-12,14H2. The lowest BCUT2D eigenvalue weighted by Gasteiger charge is -2.14. The van der Waals surface area contributed by atoms with Crippen molar-refractivity contribution >= 4 is 22.7 Å². The molecular formula is C22H23N5O. The Bertz CT molecular complexity index is 1030. The monoisotopic (exact) mass is 373 g/mol. The summed E-state index contributed by atoms with van der Waals surface area (Å²) in [5.74, 6) is 1.36. The molecule has 0 radical (unpaired) electrons. The number of likely N-dealkylation sites (tertiary alicyclic amines) is 1. The van der Waals surface area contributed by atoms with E-state index >= 15 is 0 Å². The molecule has 0 amide bonds. The Morgan fingerprint density at radius 1 is 1.00 bits per heavy atom. The predicted octanol–water partition coefficient (Wildman–Crippen LogP) is 3.79. The van der Waals surface area contributed by atoms with Crippen molar-refractivity contribution in [3.05, 3.63) is 54.4 Å². The van der Waals surface area contributed by atoms with Crippen LogP contribution in [0.1, 0.15) is 18.4 Å². The Kier molecular flexibility index (Phi) is 4.62. The molecular weight excluding hydrogens is 350 g/mol. The highest BCUT2D eigenvalue weighted by Gasteiger charge is 2.12. The maximum absolute atomic E-state index is 5.95. The Labute approximate surface area is 164 Å². The molecule has 1 fully saturated rings. The molecule has 2 aromatic heterocycles.